The molecule has 1 aliphatic heterocycles. The zero-order valence-corrected chi connectivity index (χ0v) is 7.12. The summed E-state index contributed by atoms with van der Waals surface area (Å²) in [4.78, 5) is 0. The van der Waals surface area contributed by atoms with Gasteiger partial charge in [0.2, 0.25) is 0 Å². The molecule has 1 fully saturated rings. The van der Waals surface area contributed by atoms with Crippen LogP contribution in [0.3, 0.4) is 0 Å². The van der Waals surface area contributed by atoms with Crippen LogP contribution in [0.15, 0.2) is 30.3 Å². The maximum atomic E-state index is 5.58. The van der Waals surface area contributed by atoms with Crippen LogP contribution in [0.25, 0.3) is 0 Å². The zero-order chi connectivity index (χ0) is 8.23. The van der Waals surface area contributed by atoms with Crippen LogP contribution in [0, 0.1) is 6.10 Å². The number of hydrogen-bond donors (Lipinski definition) is 0. The topological polar surface area (TPSA) is 9.23 Å². The van der Waals surface area contributed by atoms with Crippen molar-refractivity contribution in [2.24, 2.45) is 0 Å². The number of ether oxygens (including phenoxy) is 1. The van der Waals surface area contributed by atoms with Crippen molar-refractivity contribution < 1.29 is 4.74 Å². The Hall–Kier alpha value is -0.820. The summed E-state index contributed by atoms with van der Waals surface area (Å²) >= 11 is 0. The van der Waals surface area contributed by atoms with Crippen molar-refractivity contribution in [1.29, 1.82) is 0 Å². The van der Waals surface area contributed by atoms with Crippen molar-refractivity contribution in [3.63, 3.8) is 0 Å². The largest absolute Gasteiger partial charge is 0.367 e. The van der Waals surface area contributed by atoms with Crippen molar-refractivity contribution in [2.45, 2.75) is 19.3 Å². The van der Waals surface area contributed by atoms with E-state index in [9.17, 15) is 0 Å². The quantitative estimate of drug-likeness (QED) is 0.615. The predicted molar refractivity (Wildman–Crippen MR) is 48.6 cm³/mol. The van der Waals surface area contributed by atoms with Crippen LogP contribution in [0.4, 0.5) is 0 Å². The molecule has 0 amide bonds. The van der Waals surface area contributed by atoms with Crippen molar-refractivity contribution in [3.05, 3.63) is 42.0 Å². The molecule has 1 heterocycles. The Morgan fingerprint density at radius 1 is 1.00 bits per heavy atom. The second-order valence-corrected chi connectivity index (χ2v) is 3.09. The van der Waals surface area contributed by atoms with Gasteiger partial charge in [-0.2, -0.15) is 0 Å². The summed E-state index contributed by atoms with van der Waals surface area (Å²) in [6, 6.07) is 10.4. The summed E-state index contributed by atoms with van der Waals surface area (Å²) in [5.74, 6) is 0. The second-order valence-electron chi connectivity index (χ2n) is 3.09. The second kappa shape index (κ2) is 3.72. The van der Waals surface area contributed by atoms with E-state index in [-0.39, 0.29) is 0 Å². The Bertz CT molecular complexity index is 224. The lowest BCUT2D eigenvalue weighted by atomic mass is 10.0. The van der Waals surface area contributed by atoms with Gasteiger partial charge in [-0.05, 0) is 24.8 Å². The molecular formula is C11H13O. The van der Waals surface area contributed by atoms with E-state index in [0.29, 0.717) is 0 Å². The van der Waals surface area contributed by atoms with Gasteiger partial charge in [-0.15, -0.1) is 0 Å². The highest BCUT2D eigenvalue weighted by atomic mass is 16.5. The van der Waals surface area contributed by atoms with Gasteiger partial charge in [0.05, 0.1) is 0 Å². The lowest BCUT2D eigenvalue weighted by molar-refractivity contribution is 0.117. The molecule has 0 aliphatic carbocycles. The van der Waals surface area contributed by atoms with E-state index < -0.39 is 0 Å². The van der Waals surface area contributed by atoms with Gasteiger partial charge < -0.3 is 4.74 Å². The third kappa shape index (κ3) is 1.67. The smallest absolute Gasteiger partial charge is 0.126 e. The van der Waals surface area contributed by atoms with E-state index in [0.717, 1.165) is 13.0 Å². The fourth-order valence-corrected chi connectivity index (χ4v) is 1.51. The molecule has 1 aromatic rings. The Balaban J connectivity index is 2.08. The molecule has 0 bridgehead atoms. The highest BCUT2D eigenvalue weighted by Crippen LogP contribution is 2.25. The first-order valence-corrected chi connectivity index (χ1v) is 4.51. The summed E-state index contributed by atoms with van der Waals surface area (Å²) in [5, 5.41) is 0. The molecule has 0 saturated carbocycles. The molecule has 0 aromatic heterocycles. The monoisotopic (exact) mass is 161 g/mol. The first-order valence-electron chi connectivity index (χ1n) is 4.51. The summed E-state index contributed by atoms with van der Waals surface area (Å²) in [5.41, 5.74) is 1.25. The van der Waals surface area contributed by atoms with E-state index in [1.165, 1.54) is 24.5 Å². The van der Waals surface area contributed by atoms with Gasteiger partial charge in [0.25, 0.3) is 0 Å². The standard InChI is InChI=1S/C11H13O/c1-2-6-10(7-3-1)11-8-4-5-9-12-11/h1-3,6-7H,4-5,8-9H2. The molecule has 0 spiro atoms. The first-order chi connectivity index (χ1) is 5.97. The van der Waals surface area contributed by atoms with Gasteiger partial charge in [-0.1, -0.05) is 30.3 Å². The number of rotatable bonds is 1. The molecule has 63 valence electrons. The van der Waals surface area contributed by atoms with Crippen LogP contribution in [-0.2, 0) is 4.74 Å². The molecule has 0 atom stereocenters. The van der Waals surface area contributed by atoms with Crippen LogP contribution in [-0.4, -0.2) is 6.61 Å². The predicted octanol–water partition coefficient (Wildman–Crippen LogP) is 2.77. The lowest BCUT2D eigenvalue weighted by Gasteiger charge is -2.21. The fourth-order valence-electron chi connectivity index (χ4n) is 1.51. The van der Waals surface area contributed by atoms with Crippen molar-refractivity contribution in [2.75, 3.05) is 6.61 Å². The average Bonchev–Trinajstić information content (AvgIpc) is 2.21. The van der Waals surface area contributed by atoms with E-state index >= 15 is 0 Å². The van der Waals surface area contributed by atoms with Crippen molar-refractivity contribution >= 4 is 0 Å². The van der Waals surface area contributed by atoms with Crippen molar-refractivity contribution in [1.82, 2.24) is 0 Å². The molecule has 1 aromatic carbocycles. The molecule has 1 radical (unpaired) electrons. The van der Waals surface area contributed by atoms with Crippen LogP contribution < -0.4 is 0 Å². The number of hydrogen-bond acceptors (Lipinski definition) is 1. The van der Waals surface area contributed by atoms with Gasteiger partial charge in [0.1, 0.15) is 6.10 Å². The SMILES string of the molecule is c1ccc([C]2CCCCO2)cc1. The Morgan fingerprint density at radius 2 is 1.83 bits per heavy atom. The third-order valence-electron chi connectivity index (χ3n) is 2.17. The van der Waals surface area contributed by atoms with E-state index in [2.05, 4.69) is 24.3 Å². The molecular weight excluding hydrogens is 148 g/mol. The summed E-state index contributed by atoms with van der Waals surface area (Å²) < 4.78 is 5.58. The maximum Gasteiger partial charge on any atom is 0.126 e. The summed E-state index contributed by atoms with van der Waals surface area (Å²) in [7, 11) is 0. The van der Waals surface area contributed by atoms with Gasteiger partial charge in [-0.25, -0.2) is 0 Å². The molecule has 2 rings (SSSR count). The first kappa shape index (κ1) is 7.81. The minimum atomic E-state index is 0.893. The van der Waals surface area contributed by atoms with Gasteiger partial charge in [-0.3, -0.25) is 0 Å². The Kier molecular flexibility index (Phi) is 2.42. The van der Waals surface area contributed by atoms with Crippen LogP contribution in [0.2, 0.25) is 0 Å². The average molecular weight is 161 g/mol. The van der Waals surface area contributed by atoms with Crippen LogP contribution in [0.5, 0.6) is 0 Å². The zero-order valence-electron chi connectivity index (χ0n) is 7.12. The van der Waals surface area contributed by atoms with Gasteiger partial charge >= 0.3 is 0 Å². The minimum Gasteiger partial charge on any atom is -0.367 e. The van der Waals surface area contributed by atoms with E-state index in [4.69, 9.17) is 4.74 Å². The van der Waals surface area contributed by atoms with Crippen LogP contribution in [0.1, 0.15) is 24.8 Å². The third-order valence-corrected chi connectivity index (χ3v) is 2.17. The molecule has 1 saturated heterocycles. The number of benzene rings is 1. The molecule has 0 N–H and O–H groups in total. The van der Waals surface area contributed by atoms with E-state index in [1.807, 2.05) is 6.07 Å². The summed E-state index contributed by atoms with van der Waals surface area (Å²) in [6.45, 7) is 0.893. The molecule has 1 aliphatic rings. The maximum absolute atomic E-state index is 5.58. The van der Waals surface area contributed by atoms with Gasteiger partial charge in [0.15, 0.2) is 0 Å². The lowest BCUT2D eigenvalue weighted by Crippen LogP contribution is -2.11. The molecule has 12 heavy (non-hydrogen) atoms. The van der Waals surface area contributed by atoms with Crippen molar-refractivity contribution in [3.8, 4) is 0 Å². The molecule has 1 heteroatoms. The normalized spacial score (nSPS) is 19.3. The molecule has 1 nitrogen and oxygen atoms in total. The highest BCUT2D eigenvalue weighted by molar-refractivity contribution is 5.27. The Morgan fingerprint density at radius 3 is 2.50 bits per heavy atom. The van der Waals surface area contributed by atoms with Gasteiger partial charge in [0, 0.05) is 6.61 Å². The minimum absolute atomic E-state index is 0.893. The Labute approximate surface area is 73.4 Å². The highest BCUT2D eigenvalue weighted by Gasteiger charge is 2.16. The molecule has 0 unspecified atom stereocenters. The van der Waals surface area contributed by atoms with E-state index in [1.54, 1.807) is 0 Å². The fraction of sp³-hybridized carbons (Fsp3) is 0.364. The summed E-state index contributed by atoms with van der Waals surface area (Å²) in [6.07, 6.45) is 4.74. The van der Waals surface area contributed by atoms with Crippen LogP contribution >= 0.6 is 0 Å².